The van der Waals surface area contributed by atoms with Crippen LogP contribution in [0, 0.1) is 0 Å². The first-order valence-corrected chi connectivity index (χ1v) is 6.12. The lowest BCUT2D eigenvalue weighted by Crippen LogP contribution is -2.48. The van der Waals surface area contributed by atoms with E-state index >= 15 is 0 Å². The fourth-order valence-electron chi connectivity index (χ4n) is 2.25. The SMILES string of the molecule is COc1ccc(C(=O)CC2(N)CCC2)c(OC)c1. The van der Waals surface area contributed by atoms with Crippen LogP contribution >= 0.6 is 0 Å². The van der Waals surface area contributed by atoms with Crippen LogP contribution < -0.4 is 15.2 Å². The summed E-state index contributed by atoms with van der Waals surface area (Å²) in [6, 6.07) is 5.22. The van der Waals surface area contributed by atoms with Crippen molar-refractivity contribution in [2.45, 2.75) is 31.2 Å². The minimum Gasteiger partial charge on any atom is -0.497 e. The van der Waals surface area contributed by atoms with Gasteiger partial charge in [-0.15, -0.1) is 0 Å². The van der Waals surface area contributed by atoms with Crippen LogP contribution in [0.5, 0.6) is 11.5 Å². The summed E-state index contributed by atoms with van der Waals surface area (Å²) >= 11 is 0. The van der Waals surface area contributed by atoms with Gasteiger partial charge < -0.3 is 15.2 Å². The molecule has 4 heteroatoms. The van der Waals surface area contributed by atoms with E-state index in [0.29, 0.717) is 23.5 Å². The summed E-state index contributed by atoms with van der Waals surface area (Å²) in [5.74, 6) is 1.26. The molecule has 2 rings (SSSR count). The molecular weight excluding hydrogens is 230 g/mol. The number of nitrogens with two attached hydrogens (primary N) is 1. The molecule has 1 aromatic rings. The fraction of sp³-hybridized carbons (Fsp3) is 0.500. The Balaban J connectivity index is 2.18. The molecular formula is C14H19NO3. The summed E-state index contributed by atoms with van der Waals surface area (Å²) in [5.41, 5.74) is 6.38. The van der Waals surface area contributed by atoms with E-state index in [0.717, 1.165) is 19.3 Å². The first kappa shape index (κ1) is 12.9. The van der Waals surface area contributed by atoms with Gasteiger partial charge >= 0.3 is 0 Å². The fourth-order valence-corrected chi connectivity index (χ4v) is 2.25. The minimum absolute atomic E-state index is 0.0386. The number of hydrogen-bond acceptors (Lipinski definition) is 4. The third-order valence-corrected chi connectivity index (χ3v) is 3.57. The zero-order valence-electron chi connectivity index (χ0n) is 10.9. The molecule has 0 heterocycles. The molecule has 0 aromatic heterocycles. The Labute approximate surface area is 107 Å². The standard InChI is InChI=1S/C14H19NO3/c1-17-10-4-5-11(13(8-10)18-2)12(16)9-14(15)6-3-7-14/h4-5,8H,3,6-7,9,15H2,1-2H3. The largest absolute Gasteiger partial charge is 0.497 e. The Morgan fingerprint density at radius 3 is 2.56 bits per heavy atom. The average molecular weight is 249 g/mol. The normalized spacial score (nSPS) is 16.8. The van der Waals surface area contributed by atoms with Gasteiger partial charge in [-0.3, -0.25) is 4.79 Å². The van der Waals surface area contributed by atoms with Crippen LogP contribution in [0.25, 0.3) is 0 Å². The zero-order chi connectivity index (χ0) is 13.2. The summed E-state index contributed by atoms with van der Waals surface area (Å²) in [7, 11) is 3.13. The second-order valence-corrected chi connectivity index (χ2v) is 4.88. The topological polar surface area (TPSA) is 61.5 Å². The number of benzene rings is 1. The van der Waals surface area contributed by atoms with E-state index in [9.17, 15) is 4.79 Å². The van der Waals surface area contributed by atoms with Gasteiger partial charge in [0.05, 0.1) is 19.8 Å². The Morgan fingerprint density at radius 2 is 2.06 bits per heavy atom. The van der Waals surface area contributed by atoms with E-state index < -0.39 is 0 Å². The van der Waals surface area contributed by atoms with Crippen molar-refractivity contribution in [3.05, 3.63) is 23.8 Å². The van der Waals surface area contributed by atoms with Crippen molar-refractivity contribution in [2.75, 3.05) is 14.2 Å². The molecule has 0 unspecified atom stereocenters. The monoisotopic (exact) mass is 249 g/mol. The van der Waals surface area contributed by atoms with Crippen molar-refractivity contribution < 1.29 is 14.3 Å². The second-order valence-electron chi connectivity index (χ2n) is 4.88. The van der Waals surface area contributed by atoms with Gasteiger partial charge in [-0.2, -0.15) is 0 Å². The number of hydrogen-bond donors (Lipinski definition) is 1. The molecule has 1 fully saturated rings. The highest BCUT2D eigenvalue weighted by Crippen LogP contribution is 2.35. The predicted molar refractivity (Wildman–Crippen MR) is 69.3 cm³/mol. The van der Waals surface area contributed by atoms with Crippen molar-refractivity contribution in [3.63, 3.8) is 0 Å². The van der Waals surface area contributed by atoms with Crippen LogP contribution in [0.1, 0.15) is 36.0 Å². The Morgan fingerprint density at radius 1 is 1.33 bits per heavy atom. The molecule has 0 spiro atoms. The third kappa shape index (κ3) is 2.48. The molecule has 1 aliphatic carbocycles. The van der Waals surface area contributed by atoms with Gasteiger partial charge in [0.15, 0.2) is 5.78 Å². The first-order valence-electron chi connectivity index (χ1n) is 6.12. The summed E-state index contributed by atoms with van der Waals surface area (Å²) in [6.07, 6.45) is 3.35. The highest BCUT2D eigenvalue weighted by molar-refractivity contribution is 5.99. The van der Waals surface area contributed by atoms with Gasteiger partial charge in [0.25, 0.3) is 0 Å². The lowest BCUT2D eigenvalue weighted by atomic mass is 9.74. The second kappa shape index (κ2) is 4.98. The molecule has 4 nitrogen and oxygen atoms in total. The molecule has 1 aliphatic rings. The van der Waals surface area contributed by atoms with E-state index in [1.54, 1.807) is 32.4 Å². The summed E-state index contributed by atoms with van der Waals surface area (Å²) in [6.45, 7) is 0. The molecule has 0 radical (unpaired) electrons. The van der Waals surface area contributed by atoms with Crippen molar-refractivity contribution in [1.29, 1.82) is 0 Å². The number of ether oxygens (including phenoxy) is 2. The first-order chi connectivity index (χ1) is 8.58. The maximum absolute atomic E-state index is 12.2. The summed E-state index contributed by atoms with van der Waals surface area (Å²) in [5, 5.41) is 0. The van der Waals surface area contributed by atoms with Gasteiger partial charge in [-0.25, -0.2) is 0 Å². The van der Waals surface area contributed by atoms with E-state index in [4.69, 9.17) is 15.2 Å². The van der Waals surface area contributed by atoms with Gasteiger partial charge in [-0.05, 0) is 31.4 Å². The van der Waals surface area contributed by atoms with Gasteiger partial charge in [0.1, 0.15) is 11.5 Å². The lowest BCUT2D eigenvalue weighted by molar-refractivity contribution is 0.0909. The smallest absolute Gasteiger partial charge is 0.168 e. The third-order valence-electron chi connectivity index (χ3n) is 3.57. The highest BCUT2D eigenvalue weighted by atomic mass is 16.5. The predicted octanol–water partition coefficient (Wildman–Crippen LogP) is 2.16. The molecule has 98 valence electrons. The number of carbonyl (C=O) groups excluding carboxylic acids is 1. The van der Waals surface area contributed by atoms with Crippen LogP contribution in [0.4, 0.5) is 0 Å². The van der Waals surface area contributed by atoms with E-state index in [1.807, 2.05) is 0 Å². The van der Waals surface area contributed by atoms with E-state index in [1.165, 1.54) is 0 Å². The molecule has 1 saturated carbocycles. The van der Waals surface area contributed by atoms with Crippen LogP contribution in [0.3, 0.4) is 0 Å². The molecule has 2 N–H and O–H groups in total. The van der Waals surface area contributed by atoms with Gasteiger partial charge in [0, 0.05) is 18.0 Å². The van der Waals surface area contributed by atoms with Crippen molar-refractivity contribution in [3.8, 4) is 11.5 Å². The summed E-state index contributed by atoms with van der Waals surface area (Å²) < 4.78 is 10.3. The molecule has 1 aromatic carbocycles. The van der Waals surface area contributed by atoms with Crippen molar-refractivity contribution in [2.24, 2.45) is 5.73 Å². The van der Waals surface area contributed by atoms with Crippen molar-refractivity contribution >= 4 is 5.78 Å². The minimum atomic E-state index is -0.304. The highest BCUT2D eigenvalue weighted by Gasteiger charge is 2.35. The summed E-state index contributed by atoms with van der Waals surface area (Å²) in [4.78, 5) is 12.2. The van der Waals surface area contributed by atoms with Crippen LogP contribution in [0.2, 0.25) is 0 Å². The molecule has 0 saturated heterocycles. The van der Waals surface area contributed by atoms with Crippen LogP contribution in [0.15, 0.2) is 18.2 Å². The van der Waals surface area contributed by atoms with Crippen LogP contribution in [-0.4, -0.2) is 25.5 Å². The maximum Gasteiger partial charge on any atom is 0.168 e. The number of ketones is 1. The molecule has 0 amide bonds. The molecule has 0 aliphatic heterocycles. The number of carbonyl (C=O) groups is 1. The number of methoxy groups -OCH3 is 2. The number of Topliss-reactive ketones (excluding diaryl/α,β-unsaturated/α-hetero) is 1. The lowest BCUT2D eigenvalue weighted by Gasteiger charge is -2.37. The maximum atomic E-state index is 12.2. The quantitative estimate of drug-likeness (QED) is 0.812. The Kier molecular flexibility index (Phi) is 3.57. The molecule has 18 heavy (non-hydrogen) atoms. The number of rotatable bonds is 5. The van der Waals surface area contributed by atoms with E-state index in [-0.39, 0.29) is 11.3 Å². The molecule has 0 bridgehead atoms. The van der Waals surface area contributed by atoms with Gasteiger partial charge in [0.2, 0.25) is 0 Å². The Hall–Kier alpha value is -1.55. The zero-order valence-corrected chi connectivity index (χ0v) is 10.9. The molecule has 0 atom stereocenters. The van der Waals surface area contributed by atoms with Crippen molar-refractivity contribution in [1.82, 2.24) is 0 Å². The van der Waals surface area contributed by atoms with Gasteiger partial charge in [-0.1, -0.05) is 0 Å². The Bertz CT molecular complexity index is 452. The average Bonchev–Trinajstić information content (AvgIpc) is 2.35. The van der Waals surface area contributed by atoms with E-state index in [2.05, 4.69) is 0 Å². The van der Waals surface area contributed by atoms with Crippen LogP contribution in [-0.2, 0) is 0 Å².